The van der Waals surface area contributed by atoms with Crippen molar-refractivity contribution in [3.63, 3.8) is 0 Å². The second-order valence-electron chi connectivity index (χ2n) is 3.40. The fourth-order valence-corrected chi connectivity index (χ4v) is 3.15. The summed E-state index contributed by atoms with van der Waals surface area (Å²) in [5.41, 5.74) is 7.20. The average Bonchev–Trinajstić information content (AvgIpc) is 2.15. The van der Waals surface area contributed by atoms with Crippen molar-refractivity contribution in [2.24, 2.45) is 5.73 Å². The standard InChI is InChI=1S/C9H12N2O2S.ClH/c10-5-7-6-14(12,13)11-9-4-2-1-3-8(7)9;/h1-4,7,11H,5-6,10H2;1H. The summed E-state index contributed by atoms with van der Waals surface area (Å²) in [5.74, 6) is -0.00185. The van der Waals surface area contributed by atoms with E-state index in [1.807, 2.05) is 12.1 Å². The number of fused-ring (bicyclic) bond motifs is 1. The second-order valence-corrected chi connectivity index (χ2v) is 5.17. The highest BCUT2D eigenvalue weighted by molar-refractivity contribution is 7.92. The third-order valence-corrected chi connectivity index (χ3v) is 3.74. The van der Waals surface area contributed by atoms with E-state index in [0.717, 1.165) is 5.56 Å². The number of rotatable bonds is 1. The van der Waals surface area contributed by atoms with Gasteiger partial charge in [0.05, 0.1) is 11.4 Å². The zero-order valence-corrected chi connectivity index (χ0v) is 9.64. The van der Waals surface area contributed by atoms with E-state index < -0.39 is 10.0 Å². The fraction of sp³-hybridized carbons (Fsp3) is 0.333. The van der Waals surface area contributed by atoms with Crippen molar-refractivity contribution in [3.05, 3.63) is 29.8 Å². The summed E-state index contributed by atoms with van der Waals surface area (Å²) in [6.45, 7) is 0.359. The number of nitrogens with one attached hydrogen (secondary N) is 1. The van der Waals surface area contributed by atoms with Gasteiger partial charge in [0.1, 0.15) is 0 Å². The molecule has 15 heavy (non-hydrogen) atoms. The molecule has 0 fully saturated rings. The van der Waals surface area contributed by atoms with Gasteiger partial charge in [0.25, 0.3) is 0 Å². The van der Waals surface area contributed by atoms with Crippen molar-refractivity contribution in [3.8, 4) is 0 Å². The summed E-state index contributed by atoms with van der Waals surface area (Å²) in [4.78, 5) is 0. The average molecular weight is 249 g/mol. The maximum absolute atomic E-state index is 11.4. The number of para-hydroxylation sites is 1. The van der Waals surface area contributed by atoms with Gasteiger partial charge >= 0.3 is 0 Å². The first kappa shape index (κ1) is 12.3. The highest BCUT2D eigenvalue weighted by Gasteiger charge is 2.27. The van der Waals surface area contributed by atoms with Crippen molar-refractivity contribution >= 4 is 28.1 Å². The van der Waals surface area contributed by atoms with Crippen LogP contribution < -0.4 is 10.5 Å². The third-order valence-electron chi connectivity index (χ3n) is 2.37. The predicted octanol–water partition coefficient (Wildman–Crippen LogP) is 0.906. The molecule has 1 aliphatic heterocycles. The normalized spacial score (nSPS) is 22.1. The van der Waals surface area contributed by atoms with Crippen LogP contribution in [0.3, 0.4) is 0 Å². The van der Waals surface area contributed by atoms with Crippen LogP contribution in [0.1, 0.15) is 11.5 Å². The van der Waals surface area contributed by atoms with Gasteiger partial charge in [-0.3, -0.25) is 4.72 Å². The van der Waals surface area contributed by atoms with E-state index in [0.29, 0.717) is 12.2 Å². The monoisotopic (exact) mass is 248 g/mol. The Kier molecular flexibility index (Phi) is 3.59. The van der Waals surface area contributed by atoms with Crippen LogP contribution in [0, 0.1) is 0 Å². The van der Waals surface area contributed by atoms with Crippen LogP contribution in [0.15, 0.2) is 24.3 Å². The summed E-state index contributed by atoms with van der Waals surface area (Å²) in [7, 11) is -3.19. The first-order valence-electron chi connectivity index (χ1n) is 4.42. The van der Waals surface area contributed by atoms with Crippen molar-refractivity contribution < 1.29 is 8.42 Å². The molecule has 0 saturated heterocycles. The highest BCUT2D eigenvalue weighted by atomic mass is 35.5. The molecule has 1 atom stereocenters. The van der Waals surface area contributed by atoms with Gasteiger partial charge in [0.15, 0.2) is 0 Å². The highest BCUT2D eigenvalue weighted by Crippen LogP contribution is 2.30. The number of sulfonamides is 1. The van der Waals surface area contributed by atoms with Crippen molar-refractivity contribution in [2.45, 2.75) is 5.92 Å². The first-order valence-corrected chi connectivity index (χ1v) is 6.07. The van der Waals surface area contributed by atoms with Gasteiger partial charge in [-0.05, 0) is 11.6 Å². The minimum atomic E-state index is -3.19. The molecule has 1 heterocycles. The van der Waals surface area contributed by atoms with E-state index in [1.54, 1.807) is 12.1 Å². The zero-order chi connectivity index (χ0) is 10.2. The molecule has 0 radical (unpaired) electrons. The Bertz CT molecular complexity index is 447. The van der Waals surface area contributed by atoms with E-state index in [1.165, 1.54) is 0 Å². The van der Waals surface area contributed by atoms with E-state index in [-0.39, 0.29) is 24.1 Å². The van der Waals surface area contributed by atoms with Gasteiger partial charge in [-0.25, -0.2) is 8.42 Å². The van der Waals surface area contributed by atoms with Crippen molar-refractivity contribution in [1.29, 1.82) is 0 Å². The van der Waals surface area contributed by atoms with E-state index in [2.05, 4.69) is 4.72 Å². The van der Waals surface area contributed by atoms with E-state index >= 15 is 0 Å². The topological polar surface area (TPSA) is 72.2 Å². The molecule has 1 unspecified atom stereocenters. The van der Waals surface area contributed by atoms with Crippen LogP contribution >= 0.6 is 12.4 Å². The molecule has 0 aromatic heterocycles. The third kappa shape index (κ3) is 2.42. The summed E-state index contributed by atoms with van der Waals surface area (Å²) in [5, 5.41) is 0. The molecule has 0 aliphatic carbocycles. The lowest BCUT2D eigenvalue weighted by molar-refractivity contribution is 0.590. The maximum atomic E-state index is 11.4. The quantitative estimate of drug-likeness (QED) is 0.776. The molecular formula is C9H13ClN2O2S. The van der Waals surface area contributed by atoms with Crippen LogP contribution in [-0.2, 0) is 10.0 Å². The van der Waals surface area contributed by atoms with Gasteiger partial charge in [-0.1, -0.05) is 18.2 Å². The maximum Gasteiger partial charge on any atom is 0.233 e. The van der Waals surface area contributed by atoms with Crippen LogP contribution in [0.4, 0.5) is 5.69 Å². The van der Waals surface area contributed by atoms with Gasteiger partial charge in [-0.15, -0.1) is 12.4 Å². The number of hydrogen-bond donors (Lipinski definition) is 2. The molecule has 1 aliphatic rings. The SMILES string of the molecule is Cl.NCC1CS(=O)(=O)Nc2ccccc21. The molecule has 4 nitrogen and oxygen atoms in total. The Labute approximate surface area is 95.3 Å². The zero-order valence-electron chi connectivity index (χ0n) is 8.01. The van der Waals surface area contributed by atoms with Crippen molar-refractivity contribution in [2.75, 3.05) is 17.0 Å². The van der Waals surface area contributed by atoms with Gasteiger partial charge in [0.2, 0.25) is 10.0 Å². The summed E-state index contributed by atoms with van der Waals surface area (Å²) in [6.07, 6.45) is 0. The van der Waals surface area contributed by atoms with Gasteiger partial charge in [-0.2, -0.15) is 0 Å². The van der Waals surface area contributed by atoms with Gasteiger partial charge in [0, 0.05) is 12.5 Å². The van der Waals surface area contributed by atoms with Gasteiger partial charge < -0.3 is 5.73 Å². The summed E-state index contributed by atoms with van der Waals surface area (Å²) in [6, 6.07) is 7.37. The minimum Gasteiger partial charge on any atom is -0.330 e. The number of nitrogens with two attached hydrogens (primary N) is 1. The van der Waals surface area contributed by atoms with Crippen LogP contribution in [-0.4, -0.2) is 20.7 Å². The first-order chi connectivity index (χ1) is 6.62. The number of halogens is 1. The summed E-state index contributed by atoms with van der Waals surface area (Å²) >= 11 is 0. The molecule has 1 aromatic rings. The number of anilines is 1. The molecule has 2 rings (SSSR count). The van der Waals surface area contributed by atoms with Crippen molar-refractivity contribution in [1.82, 2.24) is 0 Å². The molecule has 3 N–H and O–H groups in total. The smallest absolute Gasteiger partial charge is 0.233 e. The lowest BCUT2D eigenvalue weighted by atomic mass is 9.99. The van der Waals surface area contributed by atoms with E-state index in [9.17, 15) is 8.42 Å². The molecular weight excluding hydrogens is 236 g/mol. The number of benzene rings is 1. The summed E-state index contributed by atoms with van der Waals surface area (Å²) < 4.78 is 25.3. The van der Waals surface area contributed by atoms with Crippen LogP contribution in [0.2, 0.25) is 0 Å². The Balaban J connectivity index is 0.00000112. The second kappa shape index (κ2) is 4.38. The van der Waals surface area contributed by atoms with Crippen LogP contribution in [0.25, 0.3) is 0 Å². The van der Waals surface area contributed by atoms with E-state index in [4.69, 9.17) is 5.73 Å². The predicted molar refractivity (Wildman–Crippen MR) is 62.9 cm³/mol. The molecule has 84 valence electrons. The lowest BCUT2D eigenvalue weighted by Crippen LogP contribution is -2.31. The molecule has 1 aromatic carbocycles. The fourth-order valence-electron chi connectivity index (χ4n) is 1.70. The molecule has 0 bridgehead atoms. The molecule has 0 saturated carbocycles. The molecule has 0 spiro atoms. The lowest BCUT2D eigenvalue weighted by Gasteiger charge is -2.25. The Morgan fingerprint density at radius 1 is 1.40 bits per heavy atom. The Morgan fingerprint density at radius 3 is 2.73 bits per heavy atom. The molecule has 0 amide bonds. The molecule has 6 heteroatoms. The minimum absolute atomic E-state index is 0. The number of hydrogen-bond acceptors (Lipinski definition) is 3. The largest absolute Gasteiger partial charge is 0.330 e. The van der Waals surface area contributed by atoms with Crippen LogP contribution in [0.5, 0.6) is 0 Å². The Hall–Kier alpha value is -0.780. The Morgan fingerprint density at radius 2 is 2.07 bits per heavy atom.